The fraction of sp³-hybridized carbons (Fsp3) is 0.450. The number of benzene rings is 1. The van der Waals surface area contributed by atoms with Crippen LogP contribution in [0.2, 0.25) is 5.22 Å². The topological polar surface area (TPSA) is 82.9 Å². The second-order valence-corrected chi connectivity index (χ2v) is 9.18. The number of hydrogen-bond donors (Lipinski definition) is 1. The molecule has 1 aliphatic heterocycles. The number of rotatable bonds is 7. The van der Waals surface area contributed by atoms with Gasteiger partial charge in [0.25, 0.3) is 5.91 Å². The van der Waals surface area contributed by atoms with Crippen molar-refractivity contribution in [1.29, 1.82) is 0 Å². The van der Waals surface area contributed by atoms with E-state index in [-0.39, 0.29) is 15.9 Å². The van der Waals surface area contributed by atoms with E-state index in [4.69, 9.17) is 16.0 Å². The molecular formula is C20H26ClN3O4S. The summed E-state index contributed by atoms with van der Waals surface area (Å²) in [6, 6.07) is 7.84. The van der Waals surface area contributed by atoms with Crippen LogP contribution in [0.5, 0.6) is 0 Å². The Morgan fingerprint density at radius 1 is 1.14 bits per heavy atom. The molecule has 7 nitrogen and oxygen atoms in total. The fourth-order valence-corrected chi connectivity index (χ4v) is 5.18. The van der Waals surface area contributed by atoms with Crippen LogP contribution in [0.15, 0.2) is 39.6 Å². The third kappa shape index (κ3) is 4.76. The maximum Gasteiger partial charge on any atom is 0.291 e. The van der Waals surface area contributed by atoms with E-state index in [2.05, 4.69) is 5.32 Å². The van der Waals surface area contributed by atoms with Gasteiger partial charge in [-0.2, -0.15) is 4.31 Å². The number of nitrogens with zero attached hydrogens (tertiary/aromatic N) is 2. The second kappa shape index (κ2) is 9.19. The van der Waals surface area contributed by atoms with E-state index in [1.807, 2.05) is 18.7 Å². The van der Waals surface area contributed by atoms with Gasteiger partial charge in [0.2, 0.25) is 10.0 Å². The van der Waals surface area contributed by atoms with Crippen molar-refractivity contribution in [1.82, 2.24) is 4.31 Å². The lowest BCUT2D eigenvalue weighted by atomic mass is 10.2. The third-order valence-corrected chi connectivity index (χ3v) is 7.17. The highest BCUT2D eigenvalue weighted by atomic mass is 35.5. The van der Waals surface area contributed by atoms with Gasteiger partial charge in [0, 0.05) is 26.2 Å². The summed E-state index contributed by atoms with van der Waals surface area (Å²) in [5.74, 6) is -0.428. The molecule has 1 fully saturated rings. The molecule has 9 heteroatoms. The van der Waals surface area contributed by atoms with Gasteiger partial charge in [-0.05, 0) is 68.6 Å². The molecule has 0 atom stereocenters. The number of halogens is 1. The first-order valence-electron chi connectivity index (χ1n) is 9.82. The van der Waals surface area contributed by atoms with Crippen LogP contribution >= 0.6 is 11.6 Å². The van der Waals surface area contributed by atoms with Crippen LogP contribution in [-0.2, 0) is 10.0 Å². The van der Waals surface area contributed by atoms with Gasteiger partial charge in [0.15, 0.2) is 11.0 Å². The van der Waals surface area contributed by atoms with E-state index in [0.717, 1.165) is 24.9 Å². The van der Waals surface area contributed by atoms with Crippen LogP contribution in [0, 0.1) is 0 Å². The Balaban J connectivity index is 1.98. The molecule has 2 aromatic rings. The van der Waals surface area contributed by atoms with Crippen molar-refractivity contribution >= 4 is 38.9 Å². The summed E-state index contributed by atoms with van der Waals surface area (Å²) < 4.78 is 32.9. The van der Waals surface area contributed by atoms with Crippen LogP contribution in [0.4, 0.5) is 11.4 Å². The Bertz CT molecular complexity index is 964. The Morgan fingerprint density at radius 2 is 1.83 bits per heavy atom. The minimum Gasteiger partial charge on any atom is -0.440 e. The molecule has 1 aliphatic rings. The predicted molar refractivity (Wildman–Crippen MR) is 114 cm³/mol. The van der Waals surface area contributed by atoms with E-state index in [9.17, 15) is 13.2 Å². The van der Waals surface area contributed by atoms with Crippen molar-refractivity contribution in [2.24, 2.45) is 0 Å². The van der Waals surface area contributed by atoms with Crippen molar-refractivity contribution in [3.05, 3.63) is 41.3 Å². The maximum atomic E-state index is 13.1. The lowest BCUT2D eigenvalue weighted by Crippen LogP contribution is -2.35. The number of sulfonamides is 1. The molecule has 1 aromatic carbocycles. The standard InChI is InChI=1S/C20H26ClN3O4S/c1-3-23(4-2)17-9-8-15(29(26,27)24-12-6-5-7-13-24)14-16(17)22-20(25)18-10-11-19(21)28-18/h8-11,14H,3-7,12-13H2,1-2H3,(H,22,25). The molecule has 0 saturated carbocycles. The Kier molecular flexibility index (Phi) is 6.87. The summed E-state index contributed by atoms with van der Waals surface area (Å²) in [5, 5.41) is 2.90. The lowest BCUT2D eigenvalue weighted by Gasteiger charge is -2.28. The van der Waals surface area contributed by atoms with Crippen LogP contribution < -0.4 is 10.2 Å². The van der Waals surface area contributed by atoms with Gasteiger partial charge in [-0.1, -0.05) is 6.42 Å². The van der Waals surface area contributed by atoms with Gasteiger partial charge in [0.1, 0.15) is 0 Å². The average molecular weight is 440 g/mol. The lowest BCUT2D eigenvalue weighted by molar-refractivity contribution is 0.0996. The van der Waals surface area contributed by atoms with Crippen LogP contribution in [-0.4, -0.2) is 44.8 Å². The van der Waals surface area contributed by atoms with Crippen molar-refractivity contribution in [3.63, 3.8) is 0 Å². The molecule has 0 aliphatic carbocycles. The monoisotopic (exact) mass is 439 g/mol. The van der Waals surface area contributed by atoms with Crippen molar-refractivity contribution in [3.8, 4) is 0 Å². The number of carbonyl (C=O) groups excluding carboxylic acids is 1. The highest BCUT2D eigenvalue weighted by molar-refractivity contribution is 7.89. The van der Waals surface area contributed by atoms with E-state index >= 15 is 0 Å². The SMILES string of the molecule is CCN(CC)c1ccc(S(=O)(=O)N2CCCCC2)cc1NC(=O)c1ccc(Cl)o1. The molecule has 0 unspecified atom stereocenters. The second-order valence-electron chi connectivity index (χ2n) is 6.87. The van der Waals surface area contributed by atoms with Gasteiger partial charge >= 0.3 is 0 Å². The summed E-state index contributed by atoms with van der Waals surface area (Å²) in [7, 11) is -3.62. The van der Waals surface area contributed by atoms with Crippen molar-refractivity contribution < 1.29 is 17.6 Å². The summed E-state index contributed by atoms with van der Waals surface area (Å²) in [5.41, 5.74) is 1.17. The minimum absolute atomic E-state index is 0.0600. The number of carbonyl (C=O) groups is 1. The largest absolute Gasteiger partial charge is 0.440 e. The zero-order valence-electron chi connectivity index (χ0n) is 16.7. The van der Waals surface area contributed by atoms with E-state index < -0.39 is 15.9 Å². The first-order chi connectivity index (χ1) is 13.9. The highest BCUT2D eigenvalue weighted by Gasteiger charge is 2.27. The third-order valence-electron chi connectivity index (χ3n) is 5.07. The molecule has 0 radical (unpaired) electrons. The number of anilines is 2. The molecule has 1 amide bonds. The first kappa shape index (κ1) is 21.7. The molecular weight excluding hydrogens is 414 g/mol. The zero-order chi connectivity index (χ0) is 21.0. The fourth-order valence-electron chi connectivity index (χ4n) is 3.49. The molecule has 3 rings (SSSR count). The average Bonchev–Trinajstić information content (AvgIpc) is 3.17. The van der Waals surface area contributed by atoms with Crippen molar-refractivity contribution in [2.75, 3.05) is 36.4 Å². The summed E-state index contributed by atoms with van der Waals surface area (Å²) in [6.07, 6.45) is 2.76. The quantitative estimate of drug-likeness (QED) is 0.698. The molecule has 0 spiro atoms. The first-order valence-corrected chi connectivity index (χ1v) is 11.6. The van der Waals surface area contributed by atoms with Gasteiger partial charge in [-0.15, -0.1) is 0 Å². The van der Waals surface area contributed by atoms with Crippen LogP contribution in [0.3, 0.4) is 0 Å². The summed E-state index contributed by atoms with van der Waals surface area (Å²) in [4.78, 5) is 14.8. The maximum absolute atomic E-state index is 13.1. The predicted octanol–water partition coefficient (Wildman–Crippen LogP) is 4.21. The Labute approximate surface area is 176 Å². The van der Waals surface area contributed by atoms with Gasteiger partial charge in [-0.25, -0.2) is 8.42 Å². The number of nitrogens with one attached hydrogen (secondary N) is 1. The Morgan fingerprint density at radius 3 is 2.41 bits per heavy atom. The number of furan rings is 1. The molecule has 29 heavy (non-hydrogen) atoms. The number of hydrogen-bond acceptors (Lipinski definition) is 5. The molecule has 1 saturated heterocycles. The number of piperidine rings is 1. The van der Waals surface area contributed by atoms with Gasteiger partial charge < -0.3 is 14.6 Å². The molecule has 158 valence electrons. The summed E-state index contributed by atoms with van der Waals surface area (Å²) in [6.45, 7) is 6.47. The van der Waals surface area contributed by atoms with E-state index in [0.29, 0.717) is 31.9 Å². The minimum atomic E-state index is -3.62. The van der Waals surface area contributed by atoms with Crippen molar-refractivity contribution in [2.45, 2.75) is 38.0 Å². The molecule has 2 heterocycles. The van der Waals surface area contributed by atoms with E-state index in [1.165, 1.54) is 22.5 Å². The molecule has 1 aromatic heterocycles. The normalized spacial score (nSPS) is 15.3. The summed E-state index contributed by atoms with van der Waals surface area (Å²) >= 11 is 5.77. The highest BCUT2D eigenvalue weighted by Crippen LogP contribution is 2.31. The molecule has 0 bridgehead atoms. The smallest absolute Gasteiger partial charge is 0.291 e. The molecule has 1 N–H and O–H groups in total. The van der Waals surface area contributed by atoms with Gasteiger partial charge in [0.05, 0.1) is 16.3 Å². The van der Waals surface area contributed by atoms with E-state index in [1.54, 1.807) is 12.1 Å². The zero-order valence-corrected chi connectivity index (χ0v) is 18.2. The van der Waals surface area contributed by atoms with Gasteiger partial charge in [-0.3, -0.25) is 4.79 Å². The van der Waals surface area contributed by atoms with Crippen LogP contribution in [0.1, 0.15) is 43.7 Å². The number of amides is 1. The Hall–Kier alpha value is -2.03. The van der Waals surface area contributed by atoms with Crippen LogP contribution in [0.25, 0.3) is 0 Å².